The molecule has 2 aromatic carbocycles. The summed E-state index contributed by atoms with van der Waals surface area (Å²) in [6.45, 7) is 1.36. The van der Waals surface area contributed by atoms with Gasteiger partial charge in [0.25, 0.3) is 0 Å². The highest BCUT2D eigenvalue weighted by molar-refractivity contribution is 5.35. The minimum atomic E-state index is -4.91. The molecule has 2 aliphatic rings. The Morgan fingerprint density at radius 2 is 1.61 bits per heavy atom. The number of ether oxygens (including phenoxy) is 1. The smallest absolute Gasteiger partial charge is 0.368 e. The van der Waals surface area contributed by atoms with Crippen LogP contribution in [0.25, 0.3) is 0 Å². The van der Waals surface area contributed by atoms with Crippen LogP contribution in [0.2, 0.25) is 0 Å². The van der Waals surface area contributed by atoms with Crippen LogP contribution >= 0.6 is 0 Å². The van der Waals surface area contributed by atoms with Gasteiger partial charge in [0.2, 0.25) is 0 Å². The van der Waals surface area contributed by atoms with Gasteiger partial charge in [0.15, 0.2) is 0 Å². The van der Waals surface area contributed by atoms with Crippen molar-refractivity contribution in [3.8, 4) is 0 Å². The second-order valence-electron chi connectivity index (χ2n) is 10.3. The predicted molar refractivity (Wildman–Crippen MR) is 125 cm³/mol. The first-order valence-electron chi connectivity index (χ1n) is 12.1. The Morgan fingerprint density at radius 1 is 0.974 bits per heavy atom. The maximum Gasteiger partial charge on any atom is 0.416 e. The van der Waals surface area contributed by atoms with E-state index in [1.165, 1.54) is 0 Å². The SMILES string of the molecule is CN(C)Cc1n[nH]nc1CN1CC2CC2(OCc2cc(C(F)(F)F)cc(C(F)(F)F)c2)C1c1ccccc1. The van der Waals surface area contributed by atoms with Gasteiger partial charge in [-0.1, -0.05) is 30.3 Å². The molecule has 2 fully saturated rings. The predicted octanol–water partition coefficient (Wildman–Crippen LogP) is 5.44. The lowest BCUT2D eigenvalue weighted by molar-refractivity contribution is -0.143. The normalized spacial score (nSPS) is 23.7. The zero-order chi connectivity index (χ0) is 27.3. The molecule has 1 aliphatic carbocycles. The molecule has 1 saturated carbocycles. The summed E-state index contributed by atoms with van der Waals surface area (Å²) in [5.74, 6) is 0.0878. The summed E-state index contributed by atoms with van der Waals surface area (Å²) in [6.07, 6.45) is -9.15. The van der Waals surface area contributed by atoms with Crippen molar-refractivity contribution in [1.82, 2.24) is 25.2 Å². The first-order chi connectivity index (χ1) is 17.9. The average molecular weight is 540 g/mol. The Hall–Kier alpha value is -2.96. The molecule has 12 heteroatoms. The summed E-state index contributed by atoms with van der Waals surface area (Å²) in [5.41, 5.74) is -1.03. The van der Waals surface area contributed by atoms with Crippen LogP contribution in [0.15, 0.2) is 48.5 Å². The van der Waals surface area contributed by atoms with Crippen molar-refractivity contribution in [1.29, 1.82) is 0 Å². The number of aromatic amines is 1. The van der Waals surface area contributed by atoms with Crippen LogP contribution < -0.4 is 0 Å². The molecule has 3 atom stereocenters. The van der Waals surface area contributed by atoms with E-state index in [1.807, 2.05) is 49.3 Å². The van der Waals surface area contributed by atoms with E-state index in [0.717, 1.165) is 29.1 Å². The number of nitrogens with one attached hydrogen (secondary N) is 1. The summed E-state index contributed by atoms with van der Waals surface area (Å²) in [7, 11) is 3.86. The fourth-order valence-electron chi connectivity index (χ4n) is 5.46. The van der Waals surface area contributed by atoms with Crippen LogP contribution in [-0.2, 0) is 36.8 Å². The standard InChI is InChI=1S/C26H27F6N5O/c1-36(2)13-21-22(34-35-33-21)14-37-12-20-11-24(20,23(37)17-6-4-3-5-7-17)38-15-16-8-18(25(27,28)29)10-19(9-16)26(30,31)32/h3-10,20,23H,11-15H2,1-2H3,(H,33,34,35). The van der Waals surface area contributed by atoms with Gasteiger partial charge in [-0.15, -0.1) is 0 Å². The van der Waals surface area contributed by atoms with Gasteiger partial charge < -0.3 is 9.64 Å². The molecule has 5 rings (SSSR count). The Bertz CT molecular complexity index is 1240. The third-order valence-electron chi connectivity index (χ3n) is 7.17. The van der Waals surface area contributed by atoms with Gasteiger partial charge in [-0.25, -0.2) is 0 Å². The minimum Gasteiger partial charge on any atom is -0.368 e. The van der Waals surface area contributed by atoms with Gasteiger partial charge >= 0.3 is 12.4 Å². The monoisotopic (exact) mass is 539 g/mol. The van der Waals surface area contributed by atoms with Crippen LogP contribution in [0.1, 0.15) is 46.1 Å². The lowest BCUT2D eigenvalue weighted by Crippen LogP contribution is -2.34. The molecule has 204 valence electrons. The van der Waals surface area contributed by atoms with Crippen molar-refractivity contribution in [3.63, 3.8) is 0 Å². The number of hydrogen-bond acceptors (Lipinski definition) is 5. The van der Waals surface area contributed by atoms with Gasteiger partial charge in [0.05, 0.1) is 29.4 Å². The van der Waals surface area contributed by atoms with Crippen molar-refractivity contribution in [2.45, 2.75) is 50.1 Å². The van der Waals surface area contributed by atoms with E-state index in [-0.39, 0.29) is 30.2 Å². The number of likely N-dealkylation sites (tertiary alicyclic amines) is 1. The highest BCUT2D eigenvalue weighted by atomic mass is 19.4. The number of benzene rings is 2. The fraction of sp³-hybridized carbons (Fsp3) is 0.462. The molecular weight excluding hydrogens is 512 g/mol. The molecule has 0 amide bonds. The molecule has 1 saturated heterocycles. The van der Waals surface area contributed by atoms with Crippen LogP contribution in [0.4, 0.5) is 26.3 Å². The second-order valence-corrected chi connectivity index (χ2v) is 10.3. The number of alkyl halides is 6. The molecule has 0 bridgehead atoms. The summed E-state index contributed by atoms with van der Waals surface area (Å²) >= 11 is 0. The highest BCUT2D eigenvalue weighted by Gasteiger charge is 2.67. The summed E-state index contributed by atoms with van der Waals surface area (Å²) in [5, 5.41) is 11.3. The summed E-state index contributed by atoms with van der Waals surface area (Å²) < 4.78 is 86.4. The third-order valence-corrected chi connectivity index (χ3v) is 7.17. The molecule has 3 aromatic rings. The van der Waals surface area contributed by atoms with E-state index in [4.69, 9.17) is 4.74 Å². The van der Waals surface area contributed by atoms with Gasteiger partial charge in [0, 0.05) is 25.6 Å². The van der Waals surface area contributed by atoms with E-state index in [2.05, 4.69) is 20.3 Å². The fourth-order valence-corrected chi connectivity index (χ4v) is 5.46. The molecule has 0 radical (unpaired) electrons. The Morgan fingerprint density at radius 3 is 2.21 bits per heavy atom. The minimum absolute atomic E-state index is 0.0878. The van der Waals surface area contributed by atoms with E-state index in [0.29, 0.717) is 26.1 Å². The van der Waals surface area contributed by atoms with E-state index >= 15 is 0 Å². The largest absolute Gasteiger partial charge is 0.416 e. The molecule has 1 aromatic heterocycles. The van der Waals surface area contributed by atoms with Crippen LogP contribution in [0.5, 0.6) is 0 Å². The van der Waals surface area contributed by atoms with Gasteiger partial charge in [-0.05, 0) is 49.8 Å². The Labute approximate surface area is 215 Å². The second kappa shape index (κ2) is 9.65. The Balaban J connectivity index is 1.42. The number of piperidine rings is 1. The number of fused-ring (bicyclic) bond motifs is 1. The molecule has 0 spiro atoms. The Kier molecular flexibility index (Phi) is 6.77. The first-order valence-corrected chi connectivity index (χ1v) is 12.1. The average Bonchev–Trinajstić information content (AvgIpc) is 3.19. The molecule has 6 nitrogen and oxygen atoms in total. The zero-order valence-corrected chi connectivity index (χ0v) is 20.8. The molecular formula is C26H27F6N5O. The van der Waals surface area contributed by atoms with Crippen molar-refractivity contribution < 1.29 is 31.1 Å². The molecule has 2 heterocycles. The molecule has 1 N–H and O–H groups in total. The number of nitrogens with zero attached hydrogens (tertiary/aromatic N) is 4. The van der Waals surface area contributed by atoms with Crippen LogP contribution in [-0.4, -0.2) is 51.5 Å². The van der Waals surface area contributed by atoms with Gasteiger partial charge in [-0.2, -0.15) is 41.8 Å². The molecule has 38 heavy (non-hydrogen) atoms. The maximum absolute atomic E-state index is 13.4. The van der Waals surface area contributed by atoms with E-state index in [9.17, 15) is 26.3 Å². The van der Waals surface area contributed by atoms with Gasteiger partial charge in [0.1, 0.15) is 11.4 Å². The number of rotatable bonds is 8. The topological polar surface area (TPSA) is 57.3 Å². The van der Waals surface area contributed by atoms with Crippen molar-refractivity contribution in [3.05, 3.63) is 82.2 Å². The highest BCUT2D eigenvalue weighted by Crippen LogP contribution is 2.63. The first kappa shape index (κ1) is 26.6. The zero-order valence-electron chi connectivity index (χ0n) is 20.8. The number of halogens is 6. The van der Waals surface area contributed by atoms with Crippen LogP contribution in [0.3, 0.4) is 0 Å². The lowest BCUT2D eigenvalue weighted by Gasteiger charge is -2.32. The number of hydrogen-bond donors (Lipinski definition) is 1. The molecule has 1 aliphatic heterocycles. The summed E-state index contributed by atoms with van der Waals surface area (Å²) in [6, 6.07) is 10.9. The number of H-pyrrole nitrogens is 1. The number of aromatic nitrogens is 3. The van der Waals surface area contributed by atoms with Gasteiger partial charge in [-0.3, -0.25) is 4.90 Å². The van der Waals surface area contributed by atoms with E-state index in [1.54, 1.807) is 0 Å². The quantitative estimate of drug-likeness (QED) is 0.387. The van der Waals surface area contributed by atoms with Crippen molar-refractivity contribution in [2.24, 2.45) is 5.92 Å². The van der Waals surface area contributed by atoms with Crippen molar-refractivity contribution in [2.75, 3.05) is 20.6 Å². The van der Waals surface area contributed by atoms with E-state index < -0.39 is 29.1 Å². The third kappa shape index (κ3) is 5.29. The van der Waals surface area contributed by atoms with Crippen LogP contribution in [0, 0.1) is 5.92 Å². The maximum atomic E-state index is 13.4. The summed E-state index contributed by atoms with van der Waals surface area (Å²) in [4.78, 5) is 4.18. The lowest BCUT2D eigenvalue weighted by atomic mass is 9.98. The van der Waals surface area contributed by atoms with Crippen molar-refractivity contribution >= 4 is 0 Å². The molecule has 3 unspecified atom stereocenters.